The van der Waals surface area contributed by atoms with Crippen molar-refractivity contribution < 1.29 is 9.63 Å². The predicted molar refractivity (Wildman–Crippen MR) is 74.4 cm³/mol. The van der Waals surface area contributed by atoms with E-state index in [1.165, 1.54) is 25.7 Å². The van der Waals surface area contributed by atoms with Crippen LogP contribution in [0.5, 0.6) is 0 Å². The van der Waals surface area contributed by atoms with Crippen LogP contribution in [-0.4, -0.2) is 12.1 Å². The molecule has 0 spiro atoms. The molecule has 0 bridgehead atoms. The van der Waals surface area contributed by atoms with Crippen molar-refractivity contribution >= 4 is 6.03 Å². The minimum Gasteiger partial charge on any atom is -0.334 e. The van der Waals surface area contributed by atoms with Crippen molar-refractivity contribution in [3.63, 3.8) is 0 Å². The number of hydrogen-bond acceptors (Lipinski definition) is 2. The highest BCUT2D eigenvalue weighted by molar-refractivity contribution is 5.73. The highest BCUT2D eigenvalue weighted by atomic mass is 16.7. The molecule has 0 unspecified atom stereocenters. The van der Waals surface area contributed by atoms with Crippen molar-refractivity contribution in [3.05, 3.63) is 35.9 Å². The molecule has 1 aliphatic carbocycles. The molecule has 2 amide bonds. The molecule has 1 fully saturated rings. The number of rotatable bonds is 4. The molecule has 2 rings (SSSR count). The van der Waals surface area contributed by atoms with E-state index in [0.717, 1.165) is 18.4 Å². The average molecular weight is 262 g/mol. The molecule has 1 saturated carbocycles. The Balaban J connectivity index is 1.64. The summed E-state index contributed by atoms with van der Waals surface area (Å²) in [6, 6.07) is 9.84. The normalized spacial score (nSPS) is 16.6. The Morgan fingerprint density at radius 2 is 1.79 bits per heavy atom. The van der Waals surface area contributed by atoms with E-state index in [4.69, 9.17) is 4.84 Å². The molecular weight excluding hydrogens is 240 g/mol. The molecule has 104 valence electrons. The molecule has 1 aromatic rings. The average Bonchev–Trinajstić information content (AvgIpc) is 2.68. The third-order valence-corrected chi connectivity index (χ3v) is 3.44. The Bertz CT molecular complexity index is 373. The second-order valence-corrected chi connectivity index (χ2v) is 5.04. The van der Waals surface area contributed by atoms with Crippen molar-refractivity contribution in [2.45, 2.75) is 51.2 Å². The van der Waals surface area contributed by atoms with Gasteiger partial charge in [0.2, 0.25) is 0 Å². The second kappa shape index (κ2) is 7.79. The molecule has 0 saturated heterocycles. The van der Waals surface area contributed by atoms with Crippen molar-refractivity contribution in [2.24, 2.45) is 0 Å². The van der Waals surface area contributed by atoms with Crippen molar-refractivity contribution in [2.75, 3.05) is 0 Å². The van der Waals surface area contributed by atoms with E-state index in [9.17, 15) is 4.79 Å². The lowest BCUT2D eigenvalue weighted by Gasteiger charge is -2.16. The van der Waals surface area contributed by atoms with Gasteiger partial charge in [0.05, 0.1) is 6.61 Å². The van der Waals surface area contributed by atoms with Crippen LogP contribution in [0, 0.1) is 0 Å². The van der Waals surface area contributed by atoms with Gasteiger partial charge in [-0.3, -0.25) is 4.84 Å². The van der Waals surface area contributed by atoms with Gasteiger partial charge in [-0.05, 0) is 18.4 Å². The third-order valence-electron chi connectivity index (χ3n) is 3.44. The summed E-state index contributed by atoms with van der Waals surface area (Å²) in [5.74, 6) is 0. The first-order valence-electron chi connectivity index (χ1n) is 7.07. The van der Waals surface area contributed by atoms with Gasteiger partial charge >= 0.3 is 6.03 Å². The summed E-state index contributed by atoms with van der Waals surface area (Å²) in [6.45, 7) is 0.388. The van der Waals surface area contributed by atoms with Crippen LogP contribution in [0.4, 0.5) is 4.79 Å². The van der Waals surface area contributed by atoms with Crippen LogP contribution < -0.4 is 10.8 Å². The van der Waals surface area contributed by atoms with Crippen LogP contribution in [0.25, 0.3) is 0 Å². The minimum atomic E-state index is -0.233. The topological polar surface area (TPSA) is 50.4 Å². The molecule has 1 aromatic carbocycles. The lowest BCUT2D eigenvalue weighted by atomic mass is 10.1. The summed E-state index contributed by atoms with van der Waals surface area (Å²) in [7, 11) is 0. The Morgan fingerprint density at radius 3 is 2.47 bits per heavy atom. The van der Waals surface area contributed by atoms with Crippen LogP contribution in [-0.2, 0) is 11.4 Å². The smallest absolute Gasteiger partial charge is 0.334 e. The van der Waals surface area contributed by atoms with E-state index in [1.54, 1.807) is 0 Å². The van der Waals surface area contributed by atoms with E-state index in [0.29, 0.717) is 12.6 Å². The summed E-state index contributed by atoms with van der Waals surface area (Å²) >= 11 is 0. The van der Waals surface area contributed by atoms with Gasteiger partial charge in [0.15, 0.2) is 0 Å². The van der Waals surface area contributed by atoms with Gasteiger partial charge in [0.25, 0.3) is 0 Å². The molecule has 19 heavy (non-hydrogen) atoms. The Kier molecular flexibility index (Phi) is 5.69. The standard InChI is InChI=1S/C15H22N2O2/c18-15(16-14-10-6-1-2-7-11-14)17-19-12-13-8-4-3-5-9-13/h3-5,8-9,14H,1-2,6-7,10-12H2,(H2,16,17,18). The van der Waals surface area contributed by atoms with Crippen LogP contribution in [0.3, 0.4) is 0 Å². The van der Waals surface area contributed by atoms with Crippen LogP contribution in [0.1, 0.15) is 44.1 Å². The zero-order valence-corrected chi connectivity index (χ0v) is 11.2. The number of benzene rings is 1. The van der Waals surface area contributed by atoms with E-state index >= 15 is 0 Å². The fourth-order valence-corrected chi connectivity index (χ4v) is 2.40. The Hall–Kier alpha value is -1.55. The van der Waals surface area contributed by atoms with Crippen molar-refractivity contribution in [1.82, 2.24) is 10.8 Å². The number of hydroxylamine groups is 1. The predicted octanol–water partition coefficient (Wildman–Crippen LogP) is 3.14. The van der Waals surface area contributed by atoms with Gasteiger partial charge in [0.1, 0.15) is 0 Å². The summed E-state index contributed by atoms with van der Waals surface area (Å²) in [5, 5.41) is 2.97. The first kappa shape index (κ1) is 13.9. The monoisotopic (exact) mass is 262 g/mol. The van der Waals surface area contributed by atoms with Crippen LogP contribution >= 0.6 is 0 Å². The number of hydrogen-bond donors (Lipinski definition) is 2. The molecular formula is C15H22N2O2. The lowest BCUT2D eigenvalue weighted by molar-refractivity contribution is 0.0479. The second-order valence-electron chi connectivity index (χ2n) is 5.04. The first-order valence-corrected chi connectivity index (χ1v) is 7.07. The molecule has 4 nitrogen and oxygen atoms in total. The largest absolute Gasteiger partial charge is 0.338 e. The highest BCUT2D eigenvalue weighted by Crippen LogP contribution is 2.16. The molecule has 1 aliphatic rings. The van der Waals surface area contributed by atoms with Gasteiger partial charge in [-0.25, -0.2) is 10.3 Å². The lowest BCUT2D eigenvalue weighted by Crippen LogP contribution is -2.41. The number of carbonyl (C=O) groups is 1. The van der Waals surface area contributed by atoms with Gasteiger partial charge in [-0.15, -0.1) is 0 Å². The quantitative estimate of drug-likeness (QED) is 0.647. The van der Waals surface area contributed by atoms with E-state index in [1.807, 2.05) is 30.3 Å². The molecule has 0 aliphatic heterocycles. The van der Waals surface area contributed by atoms with E-state index < -0.39 is 0 Å². The summed E-state index contributed by atoms with van der Waals surface area (Å²) < 4.78 is 0. The molecule has 0 heterocycles. The zero-order chi connectivity index (χ0) is 13.3. The molecule has 2 N–H and O–H groups in total. The van der Waals surface area contributed by atoms with Crippen molar-refractivity contribution in [1.29, 1.82) is 0 Å². The highest BCUT2D eigenvalue weighted by Gasteiger charge is 2.14. The Labute approximate surface area is 114 Å². The summed E-state index contributed by atoms with van der Waals surface area (Å²) in [4.78, 5) is 16.9. The fourth-order valence-electron chi connectivity index (χ4n) is 2.40. The summed E-state index contributed by atoms with van der Waals surface area (Å²) in [6.07, 6.45) is 7.12. The molecule has 0 atom stereocenters. The van der Waals surface area contributed by atoms with Gasteiger partial charge in [0, 0.05) is 6.04 Å². The van der Waals surface area contributed by atoms with Crippen LogP contribution in [0.15, 0.2) is 30.3 Å². The van der Waals surface area contributed by atoms with E-state index in [-0.39, 0.29) is 6.03 Å². The SMILES string of the molecule is O=C(NOCc1ccccc1)NC1CCCCCC1. The number of urea groups is 1. The Morgan fingerprint density at radius 1 is 1.11 bits per heavy atom. The van der Waals surface area contributed by atoms with Crippen molar-refractivity contribution in [3.8, 4) is 0 Å². The first-order chi connectivity index (χ1) is 9.34. The van der Waals surface area contributed by atoms with Crippen LogP contribution in [0.2, 0.25) is 0 Å². The number of nitrogens with one attached hydrogen (secondary N) is 2. The third kappa shape index (κ3) is 5.30. The maximum Gasteiger partial charge on any atom is 0.338 e. The zero-order valence-electron chi connectivity index (χ0n) is 11.2. The van der Waals surface area contributed by atoms with Gasteiger partial charge < -0.3 is 5.32 Å². The number of carbonyl (C=O) groups excluding carboxylic acids is 1. The molecule has 0 aromatic heterocycles. The molecule has 4 heteroatoms. The maximum absolute atomic E-state index is 11.7. The van der Waals surface area contributed by atoms with Gasteiger partial charge in [-0.1, -0.05) is 56.0 Å². The van der Waals surface area contributed by atoms with E-state index in [2.05, 4.69) is 10.8 Å². The number of amides is 2. The molecule has 0 radical (unpaired) electrons. The minimum absolute atomic E-state index is 0.233. The maximum atomic E-state index is 11.7. The fraction of sp³-hybridized carbons (Fsp3) is 0.533. The van der Waals surface area contributed by atoms with Gasteiger partial charge in [-0.2, -0.15) is 0 Å². The summed E-state index contributed by atoms with van der Waals surface area (Å²) in [5.41, 5.74) is 3.49.